The molecule has 0 bridgehead atoms. The minimum atomic E-state index is -3.40. The van der Waals surface area contributed by atoms with Crippen molar-refractivity contribution in [3.05, 3.63) is 52.9 Å². The zero-order chi connectivity index (χ0) is 17.9. The minimum absolute atomic E-state index is 0.0820. The fourth-order valence-corrected chi connectivity index (χ4v) is 5.95. The summed E-state index contributed by atoms with van der Waals surface area (Å²) < 4.78 is 26.9. The highest BCUT2D eigenvalue weighted by Crippen LogP contribution is 2.27. The van der Waals surface area contributed by atoms with Gasteiger partial charge in [-0.2, -0.15) is 4.31 Å². The van der Waals surface area contributed by atoms with Crippen LogP contribution in [0.25, 0.3) is 0 Å². The molecule has 5 nitrogen and oxygen atoms in total. The van der Waals surface area contributed by atoms with E-state index in [0.29, 0.717) is 17.3 Å². The number of hydrogen-bond donors (Lipinski definition) is 1. The third-order valence-corrected chi connectivity index (χ3v) is 7.76. The molecule has 0 unspecified atom stereocenters. The number of thiophene rings is 1. The second kappa shape index (κ2) is 7.68. The fraction of sp³-hybridized carbons (Fsp3) is 0.389. The molecular formula is C18H22N2O3S2. The zero-order valence-corrected chi connectivity index (χ0v) is 15.8. The molecule has 134 valence electrons. The number of sulfonamides is 1. The van der Waals surface area contributed by atoms with E-state index in [9.17, 15) is 13.2 Å². The Kier molecular flexibility index (Phi) is 5.56. The number of carbonyl (C=O) groups excluding carboxylic acids is 1. The summed E-state index contributed by atoms with van der Waals surface area (Å²) in [5.74, 6) is -0.108. The van der Waals surface area contributed by atoms with Crippen LogP contribution in [0.15, 0.2) is 46.7 Å². The Morgan fingerprint density at radius 3 is 2.52 bits per heavy atom. The molecule has 7 heteroatoms. The fourth-order valence-electron chi connectivity index (χ4n) is 2.92. The third kappa shape index (κ3) is 4.29. The Hall–Kier alpha value is -1.70. The van der Waals surface area contributed by atoms with Crippen LogP contribution in [-0.4, -0.2) is 31.7 Å². The van der Waals surface area contributed by atoms with Crippen LogP contribution in [0.4, 0.5) is 0 Å². The van der Waals surface area contributed by atoms with Gasteiger partial charge in [-0.25, -0.2) is 8.42 Å². The van der Waals surface area contributed by atoms with Crippen molar-refractivity contribution in [3.8, 4) is 0 Å². The SMILES string of the molecule is C[C@@H](NC(=O)Cc1ccc(S(=O)(=O)N2CCCC2)s1)c1ccccc1. The van der Waals surface area contributed by atoms with E-state index in [4.69, 9.17) is 0 Å². The molecule has 0 radical (unpaired) electrons. The monoisotopic (exact) mass is 378 g/mol. The molecule has 1 aliphatic rings. The van der Waals surface area contributed by atoms with Crippen LogP contribution in [0.2, 0.25) is 0 Å². The maximum atomic E-state index is 12.5. The van der Waals surface area contributed by atoms with Crippen LogP contribution in [0, 0.1) is 0 Å². The molecule has 1 aromatic heterocycles. The minimum Gasteiger partial charge on any atom is -0.349 e. The van der Waals surface area contributed by atoms with Gasteiger partial charge in [-0.1, -0.05) is 30.3 Å². The van der Waals surface area contributed by atoms with E-state index in [2.05, 4.69) is 5.32 Å². The molecular weight excluding hydrogens is 356 g/mol. The van der Waals surface area contributed by atoms with Crippen molar-refractivity contribution in [2.45, 2.75) is 36.4 Å². The molecule has 1 aromatic carbocycles. The van der Waals surface area contributed by atoms with Crippen molar-refractivity contribution < 1.29 is 13.2 Å². The molecule has 2 heterocycles. The van der Waals surface area contributed by atoms with Gasteiger partial charge in [0.1, 0.15) is 4.21 Å². The Morgan fingerprint density at radius 1 is 1.16 bits per heavy atom. The van der Waals surface area contributed by atoms with E-state index < -0.39 is 10.0 Å². The standard InChI is InChI=1S/C18H22N2O3S2/c1-14(15-7-3-2-4-8-15)19-17(21)13-16-9-10-18(24-16)25(22,23)20-11-5-6-12-20/h2-4,7-10,14H,5-6,11-13H2,1H3,(H,19,21)/t14-/m1/s1. The topological polar surface area (TPSA) is 66.5 Å². The number of rotatable bonds is 6. The van der Waals surface area contributed by atoms with Crippen LogP contribution < -0.4 is 5.32 Å². The van der Waals surface area contributed by atoms with Gasteiger partial charge in [0.2, 0.25) is 5.91 Å². The van der Waals surface area contributed by atoms with Gasteiger partial charge in [-0.05, 0) is 37.5 Å². The molecule has 0 saturated carbocycles. The maximum absolute atomic E-state index is 12.5. The summed E-state index contributed by atoms with van der Waals surface area (Å²) in [6.45, 7) is 3.11. The molecule has 1 aliphatic heterocycles. The summed E-state index contributed by atoms with van der Waals surface area (Å²) in [6, 6.07) is 13.0. The summed E-state index contributed by atoms with van der Waals surface area (Å²) in [5, 5.41) is 2.96. The van der Waals surface area contributed by atoms with Crippen molar-refractivity contribution in [2.75, 3.05) is 13.1 Å². The van der Waals surface area contributed by atoms with Crippen molar-refractivity contribution in [2.24, 2.45) is 0 Å². The first-order chi connectivity index (χ1) is 12.0. The van der Waals surface area contributed by atoms with Crippen LogP contribution in [-0.2, 0) is 21.2 Å². The van der Waals surface area contributed by atoms with Gasteiger partial charge in [0.05, 0.1) is 12.5 Å². The molecule has 0 aliphatic carbocycles. The van der Waals surface area contributed by atoms with Crippen molar-refractivity contribution in [1.82, 2.24) is 9.62 Å². The van der Waals surface area contributed by atoms with Crippen molar-refractivity contribution >= 4 is 27.3 Å². The Bertz CT molecular complexity index is 825. The highest BCUT2D eigenvalue weighted by atomic mass is 32.2. The van der Waals surface area contributed by atoms with Crippen LogP contribution in [0.1, 0.15) is 36.2 Å². The largest absolute Gasteiger partial charge is 0.349 e. The lowest BCUT2D eigenvalue weighted by molar-refractivity contribution is -0.121. The third-order valence-electron chi connectivity index (χ3n) is 4.31. The van der Waals surface area contributed by atoms with Gasteiger partial charge < -0.3 is 5.32 Å². The molecule has 1 atom stereocenters. The predicted molar refractivity (Wildman–Crippen MR) is 99.0 cm³/mol. The highest BCUT2D eigenvalue weighted by Gasteiger charge is 2.28. The van der Waals surface area contributed by atoms with Gasteiger partial charge in [0, 0.05) is 18.0 Å². The van der Waals surface area contributed by atoms with Gasteiger partial charge in [-0.15, -0.1) is 11.3 Å². The van der Waals surface area contributed by atoms with E-state index >= 15 is 0 Å². The molecule has 1 saturated heterocycles. The van der Waals surface area contributed by atoms with Crippen molar-refractivity contribution in [1.29, 1.82) is 0 Å². The summed E-state index contributed by atoms with van der Waals surface area (Å²) in [4.78, 5) is 13.0. The van der Waals surface area contributed by atoms with Crippen molar-refractivity contribution in [3.63, 3.8) is 0 Å². The molecule has 3 rings (SSSR count). The van der Waals surface area contributed by atoms with Gasteiger partial charge in [-0.3, -0.25) is 4.79 Å². The summed E-state index contributed by atoms with van der Waals surface area (Å²) in [5.41, 5.74) is 1.04. The van der Waals surface area contributed by atoms with E-state index in [-0.39, 0.29) is 18.4 Å². The number of nitrogens with one attached hydrogen (secondary N) is 1. The second-order valence-corrected chi connectivity index (χ2v) is 9.54. The van der Waals surface area contributed by atoms with E-state index in [1.807, 2.05) is 37.3 Å². The zero-order valence-electron chi connectivity index (χ0n) is 14.1. The predicted octanol–water partition coefficient (Wildman–Crippen LogP) is 2.95. The smallest absolute Gasteiger partial charge is 0.252 e. The lowest BCUT2D eigenvalue weighted by Crippen LogP contribution is -2.28. The number of hydrogen-bond acceptors (Lipinski definition) is 4. The highest BCUT2D eigenvalue weighted by molar-refractivity contribution is 7.91. The number of nitrogens with zero attached hydrogens (tertiary/aromatic N) is 1. The molecule has 25 heavy (non-hydrogen) atoms. The molecule has 1 N–H and O–H groups in total. The van der Waals surface area contributed by atoms with Crippen LogP contribution >= 0.6 is 11.3 Å². The number of benzene rings is 1. The average molecular weight is 379 g/mol. The Labute approximate surface area is 152 Å². The molecule has 1 amide bonds. The summed E-state index contributed by atoms with van der Waals surface area (Å²) in [7, 11) is -3.40. The Balaban J connectivity index is 1.62. The van der Waals surface area contributed by atoms with E-state index in [0.717, 1.165) is 23.3 Å². The van der Waals surface area contributed by atoms with Crippen LogP contribution in [0.3, 0.4) is 0 Å². The first kappa shape index (κ1) is 18.1. The lowest BCUT2D eigenvalue weighted by atomic mass is 10.1. The van der Waals surface area contributed by atoms with Gasteiger partial charge in [0.15, 0.2) is 0 Å². The van der Waals surface area contributed by atoms with E-state index in [1.165, 1.54) is 15.6 Å². The Morgan fingerprint density at radius 2 is 1.84 bits per heavy atom. The quantitative estimate of drug-likeness (QED) is 0.840. The maximum Gasteiger partial charge on any atom is 0.252 e. The lowest BCUT2D eigenvalue weighted by Gasteiger charge is -2.14. The van der Waals surface area contributed by atoms with Gasteiger partial charge in [0.25, 0.3) is 10.0 Å². The first-order valence-corrected chi connectivity index (χ1v) is 10.7. The molecule has 0 spiro atoms. The summed E-state index contributed by atoms with van der Waals surface area (Å²) >= 11 is 1.19. The molecule has 1 fully saturated rings. The number of carbonyl (C=O) groups is 1. The average Bonchev–Trinajstić information content (AvgIpc) is 3.27. The van der Waals surface area contributed by atoms with E-state index in [1.54, 1.807) is 12.1 Å². The second-order valence-electron chi connectivity index (χ2n) is 6.21. The van der Waals surface area contributed by atoms with Crippen LogP contribution in [0.5, 0.6) is 0 Å². The van der Waals surface area contributed by atoms with Gasteiger partial charge >= 0.3 is 0 Å². The number of amides is 1. The normalized spacial score (nSPS) is 16.7. The summed E-state index contributed by atoms with van der Waals surface area (Å²) in [6.07, 6.45) is 2.02. The molecule has 2 aromatic rings. The first-order valence-electron chi connectivity index (χ1n) is 8.40.